The maximum Gasteiger partial charge on any atom is 0.119 e. The number of likely N-dealkylation sites (N-methyl/N-ethyl adjacent to an activating group) is 1. The van der Waals surface area contributed by atoms with Crippen molar-refractivity contribution in [3.8, 4) is 5.75 Å². The van der Waals surface area contributed by atoms with Crippen LogP contribution in [0, 0.1) is 6.92 Å². The maximum atomic E-state index is 6.28. The summed E-state index contributed by atoms with van der Waals surface area (Å²) >= 11 is 0. The Bertz CT molecular complexity index is 605. The molecule has 1 aliphatic rings. The van der Waals surface area contributed by atoms with E-state index in [1.54, 1.807) is 0 Å². The minimum absolute atomic E-state index is 0.169. The highest BCUT2D eigenvalue weighted by Gasteiger charge is 2.33. The quantitative estimate of drug-likeness (QED) is 0.910. The van der Waals surface area contributed by atoms with Crippen molar-refractivity contribution in [3.63, 3.8) is 0 Å². The average molecular weight is 281 g/mol. The molecule has 0 saturated carbocycles. The summed E-state index contributed by atoms with van der Waals surface area (Å²) in [6, 6.07) is 17.3. The van der Waals surface area contributed by atoms with Gasteiger partial charge >= 0.3 is 0 Å². The normalized spacial score (nSPS) is 24.4. The van der Waals surface area contributed by atoms with Gasteiger partial charge in [0, 0.05) is 0 Å². The SMILES string of the molecule is CNC1c2ccccc2C(C)CC1Oc1ccc(C)cc1. The monoisotopic (exact) mass is 281 g/mol. The smallest absolute Gasteiger partial charge is 0.119 e. The van der Waals surface area contributed by atoms with Crippen molar-refractivity contribution in [2.75, 3.05) is 7.05 Å². The first-order valence-electron chi connectivity index (χ1n) is 7.68. The fourth-order valence-corrected chi connectivity index (χ4v) is 3.30. The summed E-state index contributed by atoms with van der Waals surface area (Å²) in [5.74, 6) is 1.48. The Hall–Kier alpha value is -1.80. The summed E-state index contributed by atoms with van der Waals surface area (Å²) in [5.41, 5.74) is 4.08. The van der Waals surface area contributed by atoms with Crippen molar-refractivity contribution >= 4 is 0 Å². The number of aryl methyl sites for hydroxylation is 1. The van der Waals surface area contributed by atoms with Crippen molar-refractivity contribution < 1.29 is 4.74 Å². The third-order valence-corrected chi connectivity index (χ3v) is 4.44. The van der Waals surface area contributed by atoms with Crippen LogP contribution in [-0.2, 0) is 0 Å². The molecule has 0 heterocycles. The first-order valence-corrected chi connectivity index (χ1v) is 7.68. The van der Waals surface area contributed by atoms with Gasteiger partial charge in [0.2, 0.25) is 0 Å². The van der Waals surface area contributed by atoms with Crippen molar-refractivity contribution in [1.29, 1.82) is 0 Å². The van der Waals surface area contributed by atoms with E-state index < -0.39 is 0 Å². The molecule has 21 heavy (non-hydrogen) atoms. The van der Waals surface area contributed by atoms with Crippen LogP contribution < -0.4 is 10.1 Å². The molecule has 2 aromatic rings. The van der Waals surface area contributed by atoms with Crippen LogP contribution in [0.2, 0.25) is 0 Å². The molecule has 1 aliphatic carbocycles. The third kappa shape index (κ3) is 2.81. The van der Waals surface area contributed by atoms with E-state index in [0.717, 1.165) is 12.2 Å². The zero-order valence-corrected chi connectivity index (χ0v) is 13.0. The van der Waals surface area contributed by atoms with Crippen LogP contribution in [0.5, 0.6) is 5.75 Å². The van der Waals surface area contributed by atoms with Gasteiger partial charge in [0.05, 0.1) is 6.04 Å². The molecule has 1 N–H and O–H groups in total. The number of fused-ring (bicyclic) bond motifs is 1. The van der Waals surface area contributed by atoms with Crippen molar-refractivity contribution in [3.05, 3.63) is 65.2 Å². The van der Waals surface area contributed by atoms with E-state index in [9.17, 15) is 0 Å². The van der Waals surface area contributed by atoms with E-state index in [-0.39, 0.29) is 12.1 Å². The molecule has 3 rings (SSSR count). The molecule has 0 bridgehead atoms. The number of nitrogens with one attached hydrogen (secondary N) is 1. The lowest BCUT2D eigenvalue weighted by Gasteiger charge is -2.36. The standard InChI is InChI=1S/C19H23NO/c1-13-8-10-15(11-9-13)21-18-12-14(2)16-6-4-5-7-17(16)19(18)20-3/h4-11,14,18-20H,12H2,1-3H3. The highest BCUT2D eigenvalue weighted by Crippen LogP contribution is 2.38. The number of hydrogen-bond acceptors (Lipinski definition) is 2. The topological polar surface area (TPSA) is 21.3 Å². The van der Waals surface area contributed by atoms with Gasteiger partial charge in [-0.15, -0.1) is 0 Å². The summed E-state index contributed by atoms with van der Waals surface area (Å²) in [6.07, 6.45) is 1.21. The summed E-state index contributed by atoms with van der Waals surface area (Å²) in [7, 11) is 2.02. The largest absolute Gasteiger partial charge is 0.488 e. The summed E-state index contributed by atoms with van der Waals surface area (Å²) < 4.78 is 6.28. The van der Waals surface area contributed by atoms with Crippen LogP contribution in [-0.4, -0.2) is 13.2 Å². The molecule has 0 aromatic heterocycles. The van der Waals surface area contributed by atoms with E-state index in [1.807, 2.05) is 7.05 Å². The molecule has 0 spiro atoms. The van der Waals surface area contributed by atoms with Gasteiger partial charge in [-0.25, -0.2) is 0 Å². The predicted octanol–water partition coefficient (Wildman–Crippen LogP) is 4.21. The molecule has 0 fully saturated rings. The molecule has 0 amide bonds. The third-order valence-electron chi connectivity index (χ3n) is 4.44. The highest BCUT2D eigenvalue weighted by atomic mass is 16.5. The van der Waals surface area contributed by atoms with E-state index in [4.69, 9.17) is 4.74 Å². The molecule has 0 aliphatic heterocycles. The lowest BCUT2D eigenvalue weighted by atomic mass is 9.79. The Labute approximate surface area is 127 Å². The van der Waals surface area contributed by atoms with Gasteiger partial charge < -0.3 is 10.1 Å². The number of hydrogen-bond donors (Lipinski definition) is 1. The van der Waals surface area contributed by atoms with Crippen molar-refractivity contribution in [2.45, 2.75) is 38.3 Å². The van der Waals surface area contributed by atoms with Crippen LogP contribution in [0.4, 0.5) is 0 Å². The molecule has 2 nitrogen and oxygen atoms in total. The minimum atomic E-state index is 0.169. The fraction of sp³-hybridized carbons (Fsp3) is 0.368. The average Bonchev–Trinajstić information content (AvgIpc) is 2.50. The summed E-state index contributed by atoms with van der Waals surface area (Å²) in [6.45, 7) is 4.38. The first-order chi connectivity index (χ1) is 10.2. The van der Waals surface area contributed by atoms with E-state index >= 15 is 0 Å². The lowest BCUT2D eigenvalue weighted by molar-refractivity contribution is 0.130. The molecule has 2 aromatic carbocycles. The van der Waals surface area contributed by atoms with Gasteiger partial charge in [0.15, 0.2) is 0 Å². The Morgan fingerprint density at radius 1 is 1.00 bits per heavy atom. The molecule has 0 saturated heterocycles. The van der Waals surface area contributed by atoms with E-state index in [1.165, 1.54) is 16.7 Å². The zero-order chi connectivity index (χ0) is 14.8. The fourth-order valence-electron chi connectivity index (χ4n) is 3.30. The Morgan fingerprint density at radius 3 is 2.33 bits per heavy atom. The second kappa shape index (κ2) is 5.90. The van der Waals surface area contributed by atoms with Crippen LogP contribution in [0.25, 0.3) is 0 Å². The predicted molar refractivity (Wildman–Crippen MR) is 86.9 cm³/mol. The Balaban J connectivity index is 1.87. The lowest BCUT2D eigenvalue weighted by Crippen LogP contribution is -2.38. The van der Waals surface area contributed by atoms with Crippen LogP contribution in [0.3, 0.4) is 0 Å². The second-order valence-electron chi connectivity index (χ2n) is 6.00. The maximum absolute atomic E-state index is 6.28. The molecular formula is C19H23NO. The molecule has 2 heteroatoms. The van der Waals surface area contributed by atoms with Gasteiger partial charge in [0.25, 0.3) is 0 Å². The minimum Gasteiger partial charge on any atom is -0.488 e. The van der Waals surface area contributed by atoms with Gasteiger partial charge in [-0.1, -0.05) is 48.9 Å². The highest BCUT2D eigenvalue weighted by molar-refractivity contribution is 5.37. The Morgan fingerprint density at radius 2 is 1.67 bits per heavy atom. The summed E-state index contributed by atoms with van der Waals surface area (Å²) in [4.78, 5) is 0. The van der Waals surface area contributed by atoms with Crippen molar-refractivity contribution in [2.24, 2.45) is 0 Å². The molecule has 3 unspecified atom stereocenters. The van der Waals surface area contributed by atoms with Crippen LogP contribution >= 0.6 is 0 Å². The number of benzene rings is 2. The molecule has 3 atom stereocenters. The first kappa shape index (κ1) is 14.2. The van der Waals surface area contributed by atoms with Gasteiger partial charge in [0.1, 0.15) is 11.9 Å². The van der Waals surface area contributed by atoms with Gasteiger partial charge in [-0.05, 0) is 49.6 Å². The van der Waals surface area contributed by atoms with Gasteiger partial charge in [-0.3, -0.25) is 0 Å². The van der Waals surface area contributed by atoms with Crippen molar-refractivity contribution in [1.82, 2.24) is 5.32 Å². The van der Waals surface area contributed by atoms with Gasteiger partial charge in [-0.2, -0.15) is 0 Å². The Kier molecular flexibility index (Phi) is 3.98. The second-order valence-corrected chi connectivity index (χ2v) is 6.00. The van der Waals surface area contributed by atoms with Crippen LogP contribution in [0.1, 0.15) is 42.0 Å². The van der Waals surface area contributed by atoms with E-state index in [2.05, 4.69) is 67.7 Å². The number of ether oxygens (including phenoxy) is 1. The molecular weight excluding hydrogens is 258 g/mol. The molecule has 110 valence electrons. The molecule has 0 radical (unpaired) electrons. The number of rotatable bonds is 3. The zero-order valence-electron chi connectivity index (χ0n) is 13.0. The van der Waals surface area contributed by atoms with E-state index in [0.29, 0.717) is 5.92 Å². The van der Waals surface area contributed by atoms with Crippen LogP contribution in [0.15, 0.2) is 48.5 Å². The summed E-state index contributed by atoms with van der Waals surface area (Å²) in [5, 5.41) is 3.44.